The van der Waals surface area contributed by atoms with Gasteiger partial charge in [-0.1, -0.05) is 32.0 Å². The highest BCUT2D eigenvalue weighted by atomic mass is 16.6. The van der Waals surface area contributed by atoms with Crippen molar-refractivity contribution < 1.29 is 9.53 Å². The van der Waals surface area contributed by atoms with E-state index in [1.807, 2.05) is 38.1 Å². The first-order chi connectivity index (χ1) is 8.06. The summed E-state index contributed by atoms with van der Waals surface area (Å²) in [6, 6.07) is 9.31. The van der Waals surface area contributed by atoms with Gasteiger partial charge in [0.15, 0.2) is 0 Å². The number of hydrogen-bond donors (Lipinski definition) is 0. The molecule has 4 heteroatoms. The largest absolute Gasteiger partial charge is 0.415 e. The van der Waals surface area contributed by atoms with Crippen molar-refractivity contribution in [2.45, 2.75) is 19.8 Å². The molecule has 0 saturated carbocycles. The van der Waals surface area contributed by atoms with Gasteiger partial charge >= 0.3 is 6.09 Å². The zero-order valence-electron chi connectivity index (χ0n) is 10.3. The lowest BCUT2D eigenvalue weighted by Crippen LogP contribution is -2.30. The molecule has 0 radical (unpaired) electrons. The second-order valence-corrected chi connectivity index (χ2v) is 4.07. The van der Waals surface area contributed by atoms with Crippen LogP contribution in [-0.4, -0.2) is 24.6 Å². The van der Waals surface area contributed by atoms with E-state index in [1.54, 1.807) is 6.07 Å². The summed E-state index contributed by atoms with van der Waals surface area (Å²) < 4.78 is 5.26. The predicted molar refractivity (Wildman–Crippen MR) is 64.8 cm³/mol. The average molecular weight is 232 g/mol. The second-order valence-electron chi connectivity index (χ2n) is 4.07. The summed E-state index contributed by atoms with van der Waals surface area (Å²) in [5, 5.41) is 8.50. The van der Waals surface area contributed by atoms with Gasteiger partial charge in [-0.3, -0.25) is 4.90 Å². The van der Waals surface area contributed by atoms with E-state index in [-0.39, 0.29) is 12.5 Å². The molecule has 0 N–H and O–H groups in total. The number of amides is 1. The molecule has 0 fully saturated rings. The highest BCUT2D eigenvalue weighted by molar-refractivity contribution is 5.71. The molecule has 4 nitrogen and oxygen atoms in total. The molecule has 1 aromatic rings. The number of carbonyl (C=O) groups is 1. The van der Waals surface area contributed by atoms with E-state index < -0.39 is 6.09 Å². The van der Waals surface area contributed by atoms with Gasteiger partial charge in [-0.25, -0.2) is 4.79 Å². The minimum Gasteiger partial charge on any atom is -0.410 e. The van der Waals surface area contributed by atoms with Gasteiger partial charge in [-0.05, 0) is 17.5 Å². The van der Waals surface area contributed by atoms with E-state index in [0.29, 0.717) is 5.75 Å². The average Bonchev–Trinajstić information content (AvgIpc) is 2.29. The van der Waals surface area contributed by atoms with Crippen molar-refractivity contribution in [3.05, 3.63) is 29.8 Å². The van der Waals surface area contributed by atoms with Gasteiger partial charge in [-0.15, -0.1) is 0 Å². The molecule has 0 aliphatic heterocycles. The fourth-order valence-electron chi connectivity index (χ4n) is 1.39. The third-order valence-corrected chi connectivity index (χ3v) is 2.36. The number of nitrogens with zero attached hydrogens (tertiary/aromatic N) is 2. The Balaban J connectivity index is 2.82. The third-order valence-electron chi connectivity index (χ3n) is 2.36. The Kier molecular flexibility index (Phi) is 4.53. The third kappa shape index (κ3) is 3.49. The molecule has 0 spiro atoms. The topological polar surface area (TPSA) is 53.3 Å². The Labute approximate surface area is 101 Å². The van der Waals surface area contributed by atoms with Crippen LogP contribution >= 0.6 is 0 Å². The van der Waals surface area contributed by atoms with Crippen molar-refractivity contribution >= 4 is 6.09 Å². The summed E-state index contributed by atoms with van der Waals surface area (Å²) >= 11 is 0. The molecule has 0 aliphatic carbocycles. The van der Waals surface area contributed by atoms with Crippen LogP contribution in [-0.2, 0) is 0 Å². The zero-order valence-corrected chi connectivity index (χ0v) is 10.3. The van der Waals surface area contributed by atoms with Gasteiger partial charge in [0.05, 0.1) is 6.07 Å². The summed E-state index contributed by atoms with van der Waals surface area (Å²) in [4.78, 5) is 12.9. The molecule has 0 atom stereocenters. The van der Waals surface area contributed by atoms with Gasteiger partial charge in [0, 0.05) is 7.05 Å². The van der Waals surface area contributed by atoms with Crippen LogP contribution in [0.1, 0.15) is 25.3 Å². The van der Waals surface area contributed by atoms with Crippen LogP contribution in [0.25, 0.3) is 0 Å². The Morgan fingerprint density at radius 3 is 2.71 bits per heavy atom. The number of nitriles is 1. The van der Waals surface area contributed by atoms with E-state index in [4.69, 9.17) is 10.00 Å². The van der Waals surface area contributed by atoms with Crippen LogP contribution in [0.4, 0.5) is 4.79 Å². The molecule has 0 heterocycles. The quantitative estimate of drug-likeness (QED) is 0.753. The summed E-state index contributed by atoms with van der Waals surface area (Å²) in [5.41, 5.74) is 0.978. The first-order valence-corrected chi connectivity index (χ1v) is 5.45. The Morgan fingerprint density at radius 2 is 2.12 bits per heavy atom. The van der Waals surface area contributed by atoms with Gasteiger partial charge in [0.1, 0.15) is 12.3 Å². The molecule has 0 aliphatic rings. The maximum Gasteiger partial charge on any atom is 0.415 e. The standard InChI is InChI=1S/C13H16N2O2/c1-10(2)11-6-4-5-7-12(11)17-13(16)15(3)9-8-14/h4-7,10H,9H2,1-3H3. The first kappa shape index (κ1) is 13.0. The molecule has 0 saturated heterocycles. The van der Waals surface area contributed by atoms with Crippen molar-refractivity contribution in [1.82, 2.24) is 4.90 Å². The molecule has 90 valence electrons. The van der Waals surface area contributed by atoms with Gasteiger partial charge < -0.3 is 4.74 Å². The summed E-state index contributed by atoms with van der Waals surface area (Å²) in [6.07, 6.45) is -0.514. The van der Waals surface area contributed by atoms with E-state index >= 15 is 0 Å². The number of para-hydroxylation sites is 1. The number of hydrogen-bond acceptors (Lipinski definition) is 3. The van der Waals surface area contributed by atoms with Crippen LogP contribution in [0, 0.1) is 11.3 Å². The monoisotopic (exact) mass is 232 g/mol. The van der Waals surface area contributed by atoms with Crippen molar-refractivity contribution in [2.24, 2.45) is 0 Å². The molecule has 17 heavy (non-hydrogen) atoms. The molecule has 1 aromatic carbocycles. The fraction of sp³-hybridized carbons (Fsp3) is 0.385. The maximum atomic E-state index is 11.6. The van der Waals surface area contributed by atoms with E-state index in [1.165, 1.54) is 11.9 Å². The molecular weight excluding hydrogens is 216 g/mol. The van der Waals surface area contributed by atoms with E-state index in [9.17, 15) is 4.79 Å². The SMILES string of the molecule is CC(C)c1ccccc1OC(=O)N(C)CC#N. The predicted octanol–water partition coefficient (Wildman–Crippen LogP) is 2.76. The highest BCUT2D eigenvalue weighted by Gasteiger charge is 2.14. The molecular formula is C13H16N2O2. The second kappa shape index (κ2) is 5.90. The molecule has 1 amide bonds. The van der Waals surface area contributed by atoms with E-state index in [2.05, 4.69) is 0 Å². The van der Waals surface area contributed by atoms with Crippen LogP contribution < -0.4 is 4.74 Å². The number of ether oxygens (including phenoxy) is 1. The normalized spacial score (nSPS) is 9.82. The van der Waals surface area contributed by atoms with Crippen molar-refractivity contribution in [2.75, 3.05) is 13.6 Å². The smallest absolute Gasteiger partial charge is 0.410 e. The summed E-state index contributed by atoms with van der Waals surface area (Å²) in [6.45, 7) is 4.08. The fourth-order valence-corrected chi connectivity index (χ4v) is 1.39. The van der Waals surface area contributed by atoms with Gasteiger partial charge in [0.2, 0.25) is 0 Å². The van der Waals surface area contributed by atoms with Crippen LogP contribution in [0.3, 0.4) is 0 Å². The van der Waals surface area contributed by atoms with Crippen molar-refractivity contribution in [3.8, 4) is 11.8 Å². The lowest BCUT2D eigenvalue weighted by atomic mass is 10.0. The summed E-state index contributed by atoms with van der Waals surface area (Å²) in [5.74, 6) is 0.831. The summed E-state index contributed by atoms with van der Waals surface area (Å²) in [7, 11) is 1.53. The minimum atomic E-state index is -0.514. The molecule has 0 bridgehead atoms. The number of rotatable bonds is 3. The van der Waals surface area contributed by atoms with Crippen molar-refractivity contribution in [3.63, 3.8) is 0 Å². The molecule has 1 rings (SSSR count). The Morgan fingerprint density at radius 1 is 1.47 bits per heavy atom. The Bertz CT molecular complexity index is 435. The van der Waals surface area contributed by atoms with Crippen LogP contribution in [0.5, 0.6) is 5.75 Å². The lowest BCUT2D eigenvalue weighted by Gasteiger charge is -2.16. The maximum absolute atomic E-state index is 11.6. The zero-order chi connectivity index (χ0) is 12.8. The minimum absolute atomic E-state index is 0.0165. The number of carbonyl (C=O) groups excluding carboxylic acids is 1. The van der Waals surface area contributed by atoms with E-state index in [0.717, 1.165) is 5.56 Å². The lowest BCUT2D eigenvalue weighted by molar-refractivity contribution is 0.167. The highest BCUT2D eigenvalue weighted by Crippen LogP contribution is 2.26. The van der Waals surface area contributed by atoms with Gasteiger partial charge in [0.25, 0.3) is 0 Å². The van der Waals surface area contributed by atoms with Gasteiger partial charge in [-0.2, -0.15) is 5.26 Å². The van der Waals surface area contributed by atoms with Crippen LogP contribution in [0.15, 0.2) is 24.3 Å². The molecule has 0 aromatic heterocycles. The van der Waals surface area contributed by atoms with Crippen molar-refractivity contribution in [1.29, 1.82) is 5.26 Å². The first-order valence-electron chi connectivity index (χ1n) is 5.45. The molecule has 0 unspecified atom stereocenters. The Hall–Kier alpha value is -2.02. The number of benzene rings is 1. The van der Waals surface area contributed by atoms with Crippen LogP contribution in [0.2, 0.25) is 0 Å².